The van der Waals surface area contributed by atoms with E-state index in [9.17, 15) is 27.7 Å². The van der Waals surface area contributed by atoms with Gasteiger partial charge in [-0.3, -0.25) is 9.59 Å². The van der Waals surface area contributed by atoms with Gasteiger partial charge in [-0.2, -0.15) is 0 Å². The summed E-state index contributed by atoms with van der Waals surface area (Å²) < 4.78 is 35.5. The van der Waals surface area contributed by atoms with Gasteiger partial charge in [-0.1, -0.05) is 47.8 Å². The van der Waals surface area contributed by atoms with Crippen LogP contribution in [0.15, 0.2) is 29.2 Å². The molecule has 0 aromatic heterocycles. The number of carbonyl (C=O) groups excluding carboxylic acids is 2. The number of quaternary nitrogens is 2. The maximum atomic E-state index is 13.4. The smallest absolute Gasteiger partial charge is 0.744 e. The second kappa shape index (κ2) is 19.5. The molecule has 0 saturated carbocycles. The predicted octanol–water partition coefficient (Wildman–Crippen LogP) is 0.308. The van der Waals surface area contributed by atoms with Crippen LogP contribution in [0.5, 0.6) is 0 Å². The van der Waals surface area contributed by atoms with Crippen molar-refractivity contribution in [1.29, 1.82) is 0 Å². The van der Waals surface area contributed by atoms with E-state index in [4.69, 9.17) is 5.73 Å². The number of amides is 2. The topological polar surface area (TPSA) is 150 Å². The number of carbonyl (C=O) groups is 2. The number of primary amides is 1. The quantitative estimate of drug-likeness (QED) is 0.0910. The molecule has 0 radical (unpaired) electrons. The molecular weight excluding hydrogens is 579 g/mol. The summed E-state index contributed by atoms with van der Waals surface area (Å²) in [5.41, 5.74) is 5.64. The van der Waals surface area contributed by atoms with Crippen LogP contribution in [0, 0.1) is 11.3 Å². The first-order valence-electron chi connectivity index (χ1n) is 14.2. The number of rotatable bonds is 18. The molecule has 0 saturated heterocycles. The fourth-order valence-corrected chi connectivity index (χ4v) is 5.76. The van der Waals surface area contributed by atoms with Crippen LogP contribution in [-0.2, 0) is 19.7 Å². The molecule has 4 atom stereocenters. The Labute approximate surface area is 285 Å². The summed E-state index contributed by atoms with van der Waals surface area (Å²) in [5, 5.41) is 13.6. The minimum absolute atomic E-state index is 0. The average Bonchev–Trinajstić information content (AvgIpc) is 2.81. The van der Waals surface area contributed by atoms with Crippen molar-refractivity contribution in [1.82, 2.24) is 5.32 Å². The van der Waals surface area contributed by atoms with Crippen LogP contribution in [0.2, 0.25) is 0 Å². The van der Waals surface area contributed by atoms with E-state index in [1.165, 1.54) is 12.1 Å². The van der Waals surface area contributed by atoms with Crippen LogP contribution >= 0.6 is 0 Å². The van der Waals surface area contributed by atoms with Crippen LogP contribution in [0.3, 0.4) is 0 Å². The second-order valence-corrected chi connectivity index (χ2v) is 14.5. The Morgan fingerprint density at radius 3 is 2.00 bits per heavy atom. The Kier molecular flexibility index (Phi) is 21.0. The van der Waals surface area contributed by atoms with Crippen molar-refractivity contribution >= 4 is 21.9 Å². The predicted molar refractivity (Wildman–Crippen MR) is 170 cm³/mol. The minimum Gasteiger partial charge on any atom is -0.744 e. The molecule has 1 aromatic carbocycles. The molecule has 0 heterocycles. The molecule has 43 heavy (non-hydrogen) atoms. The third-order valence-corrected chi connectivity index (χ3v) is 8.67. The van der Waals surface area contributed by atoms with Crippen LogP contribution in [-0.4, -0.2) is 106 Å². The van der Waals surface area contributed by atoms with Crippen molar-refractivity contribution in [2.45, 2.75) is 84.6 Å². The van der Waals surface area contributed by atoms with Crippen molar-refractivity contribution in [2.75, 3.05) is 61.4 Å². The Morgan fingerprint density at radius 2 is 1.58 bits per heavy atom. The maximum Gasteiger partial charge on any atom is 1.00 e. The van der Waals surface area contributed by atoms with E-state index in [0.717, 1.165) is 18.5 Å². The first kappa shape index (κ1) is 46.4. The molecule has 0 aliphatic heterocycles. The van der Waals surface area contributed by atoms with Gasteiger partial charge in [0.2, 0.25) is 11.8 Å². The number of hydrogen-bond donors (Lipinski definition) is 3. The van der Waals surface area contributed by atoms with Gasteiger partial charge in [0, 0.05) is 24.3 Å². The molecule has 246 valence electrons. The van der Waals surface area contributed by atoms with Gasteiger partial charge in [-0.15, -0.1) is 0 Å². The Bertz CT molecular complexity index is 1080. The molecule has 1 rings (SSSR count). The standard InChI is InChI=1S/C29H52N4O6S.2CH4.Na/c1-9-22(27(30)35)18-24(23-12-14-26(15-13-23)40(37,38)39)19-29(3,10-2)28(36)31-16-11-17-33(7,8)21-25(34)20-32(4,5)6;;;/h12-15,22,24-25,34H,9-11,16-21H2,1-8H3,(H2-2,30,31,35,36,37,38,39);2*1H4;/q;;;+1/p+1. The average molecular weight is 641 g/mol. The van der Waals surface area contributed by atoms with Crippen molar-refractivity contribution in [3.8, 4) is 0 Å². The van der Waals surface area contributed by atoms with E-state index in [0.29, 0.717) is 54.3 Å². The first-order valence-corrected chi connectivity index (χ1v) is 15.6. The monoisotopic (exact) mass is 640 g/mol. The van der Waals surface area contributed by atoms with Crippen molar-refractivity contribution in [3.05, 3.63) is 29.8 Å². The third kappa shape index (κ3) is 16.7. The number of nitrogens with two attached hydrogens (primary N) is 1. The number of nitrogens with zero attached hydrogens (tertiary/aromatic N) is 2. The molecule has 0 aliphatic rings. The van der Waals surface area contributed by atoms with Gasteiger partial charge < -0.3 is 29.7 Å². The molecule has 0 aliphatic carbocycles. The summed E-state index contributed by atoms with van der Waals surface area (Å²) in [5.74, 6) is -1.14. The molecule has 4 unspecified atom stereocenters. The van der Waals surface area contributed by atoms with Gasteiger partial charge in [0.25, 0.3) is 0 Å². The number of hydrogen-bond acceptors (Lipinski definition) is 6. The van der Waals surface area contributed by atoms with Gasteiger partial charge in [-0.05, 0) is 49.3 Å². The van der Waals surface area contributed by atoms with Crippen molar-refractivity contribution in [2.24, 2.45) is 17.1 Å². The van der Waals surface area contributed by atoms with Gasteiger partial charge in [-0.25, -0.2) is 8.42 Å². The zero-order chi connectivity index (χ0) is 30.9. The second-order valence-electron chi connectivity index (χ2n) is 13.2. The number of likely N-dealkylation sites (N-methyl/N-ethyl adjacent to an activating group) is 2. The van der Waals surface area contributed by atoms with E-state index >= 15 is 0 Å². The summed E-state index contributed by atoms with van der Waals surface area (Å²) in [6, 6.07) is 5.72. The number of aliphatic hydroxyl groups excluding tert-OH is 1. The summed E-state index contributed by atoms with van der Waals surface area (Å²) in [6.45, 7) is 8.32. The molecule has 1 aromatic rings. The number of aliphatic hydroxyl groups is 1. The van der Waals surface area contributed by atoms with Gasteiger partial charge in [0.1, 0.15) is 23.2 Å². The Hall–Kier alpha value is -1.05. The molecule has 10 nitrogen and oxygen atoms in total. The fourth-order valence-electron chi connectivity index (χ4n) is 5.29. The van der Waals surface area contributed by atoms with E-state index in [2.05, 4.69) is 40.6 Å². The Balaban J connectivity index is -0.00000533. The summed E-state index contributed by atoms with van der Waals surface area (Å²) in [4.78, 5) is 25.2. The molecule has 4 N–H and O–H groups in total. The SMILES string of the molecule is C.C.CCC(CC(CC(C)(CC)C(=O)NCCC[N+](C)(C)CC(O)C[N+](C)(C)C)c1ccc(S(=O)(=O)[O-])cc1)C(N)=O.[Na+]. The van der Waals surface area contributed by atoms with E-state index < -0.39 is 33.5 Å². The van der Waals surface area contributed by atoms with E-state index in [-0.39, 0.29) is 61.1 Å². The van der Waals surface area contributed by atoms with Crippen LogP contribution in [0.1, 0.15) is 79.2 Å². The van der Waals surface area contributed by atoms with Gasteiger partial charge in [0.05, 0.1) is 46.7 Å². The zero-order valence-electron chi connectivity index (χ0n) is 26.8. The van der Waals surface area contributed by atoms with E-state index in [1.807, 2.05) is 20.8 Å². The van der Waals surface area contributed by atoms with Crippen LogP contribution in [0.4, 0.5) is 0 Å². The Morgan fingerprint density at radius 1 is 1.05 bits per heavy atom. The number of benzene rings is 1. The minimum atomic E-state index is -4.58. The van der Waals surface area contributed by atoms with Gasteiger partial charge in [0.15, 0.2) is 6.10 Å². The van der Waals surface area contributed by atoms with Crippen molar-refractivity contribution in [3.63, 3.8) is 0 Å². The maximum absolute atomic E-state index is 13.4. The summed E-state index contributed by atoms with van der Waals surface area (Å²) in [7, 11) is 5.73. The summed E-state index contributed by atoms with van der Waals surface area (Å²) >= 11 is 0. The largest absolute Gasteiger partial charge is 1.00 e. The molecular formula is C31H61N4NaO6S+2. The van der Waals surface area contributed by atoms with Crippen molar-refractivity contribution < 1.29 is 66.2 Å². The third-order valence-electron chi connectivity index (χ3n) is 7.82. The fraction of sp³-hybridized carbons (Fsp3) is 0.742. The molecule has 2 amide bonds. The van der Waals surface area contributed by atoms with E-state index in [1.54, 1.807) is 12.1 Å². The van der Waals surface area contributed by atoms with Crippen LogP contribution < -0.4 is 40.6 Å². The molecule has 0 bridgehead atoms. The molecule has 12 heteroatoms. The molecule has 0 spiro atoms. The normalized spacial score (nSPS) is 15.4. The number of nitrogens with one attached hydrogen (secondary N) is 1. The summed E-state index contributed by atoms with van der Waals surface area (Å²) in [6.07, 6.45) is 2.30. The first-order chi connectivity index (χ1) is 18.2. The van der Waals surface area contributed by atoms with Crippen LogP contribution in [0.25, 0.3) is 0 Å². The molecule has 0 fully saturated rings. The van der Waals surface area contributed by atoms with Gasteiger partial charge >= 0.3 is 29.6 Å². The zero-order valence-corrected chi connectivity index (χ0v) is 29.6.